The summed E-state index contributed by atoms with van der Waals surface area (Å²) >= 11 is 0. The lowest BCUT2D eigenvalue weighted by Gasteiger charge is -2.13. The standard InChI is InChI=1S/C30H40O9/c1-4-7-9-11-21-34-26-17-13-24(14-18-26)29(31)38-36-28(23-33-6-3)37-39-30(32)25-15-19-27(20-16-25)35-22-12-10-8-5-2/h13-20H,3-12,21-23H2,1-2H3. The summed E-state index contributed by atoms with van der Waals surface area (Å²) in [6, 6.07) is 12.9. The van der Waals surface area contributed by atoms with Crippen LogP contribution in [0.1, 0.15) is 85.9 Å². The second-order valence-corrected chi connectivity index (χ2v) is 8.70. The lowest BCUT2D eigenvalue weighted by molar-refractivity contribution is -0.368. The summed E-state index contributed by atoms with van der Waals surface area (Å²) in [4.78, 5) is 44.2. The number of rotatable bonds is 21. The smallest absolute Gasteiger partial charge is 0.373 e. The number of carbonyl (C=O) groups excluding carboxylic acids is 2. The van der Waals surface area contributed by atoms with E-state index in [0.29, 0.717) is 24.7 Å². The first kappa shape index (κ1) is 32.1. The molecule has 214 valence electrons. The fourth-order valence-corrected chi connectivity index (χ4v) is 3.29. The minimum Gasteiger partial charge on any atom is -0.494 e. The topological polar surface area (TPSA) is 98.8 Å². The SMILES string of the molecule is [CH2]COC[C](OOC(=O)c1ccc(OCCCCCC)cc1)OOC(=O)c1ccc(OCCCCCC)cc1. The molecule has 2 rings (SSSR count). The molecule has 2 aromatic rings. The first-order valence-electron chi connectivity index (χ1n) is 13.5. The average molecular weight is 545 g/mol. The van der Waals surface area contributed by atoms with Crippen molar-refractivity contribution in [2.45, 2.75) is 65.2 Å². The summed E-state index contributed by atoms with van der Waals surface area (Å²) in [7, 11) is 0. The van der Waals surface area contributed by atoms with Crippen LogP contribution in [0.2, 0.25) is 0 Å². The van der Waals surface area contributed by atoms with E-state index in [1.807, 2.05) is 0 Å². The van der Waals surface area contributed by atoms with Gasteiger partial charge in [0, 0.05) is 6.61 Å². The van der Waals surface area contributed by atoms with E-state index in [-0.39, 0.29) is 30.6 Å². The summed E-state index contributed by atoms with van der Waals surface area (Å²) in [6.07, 6.45) is 8.48. The van der Waals surface area contributed by atoms with Crippen LogP contribution in [0, 0.1) is 13.2 Å². The van der Waals surface area contributed by atoms with Gasteiger partial charge >= 0.3 is 18.2 Å². The van der Waals surface area contributed by atoms with Crippen molar-refractivity contribution in [2.24, 2.45) is 0 Å². The molecular weight excluding hydrogens is 504 g/mol. The second kappa shape index (κ2) is 19.9. The maximum Gasteiger partial charge on any atom is 0.373 e. The molecule has 9 heteroatoms. The van der Waals surface area contributed by atoms with Crippen LogP contribution in [-0.2, 0) is 24.3 Å². The van der Waals surface area contributed by atoms with Crippen LogP contribution in [0.5, 0.6) is 11.5 Å². The highest BCUT2D eigenvalue weighted by atomic mass is 17.3. The number of ether oxygens (including phenoxy) is 3. The molecule has 0 aliphatic heterocycles. The Morgan fingerprint density at radius 3 is 1.44 bits per heavy atom. The number of hydrogen-bond donors (Lipinski definition) is 0. The third-order valence-electron chi connectivity index (χ3n) is 5.50. The Bertz CT molecular complexity index is 855. The van der Waals surface area contributed by atoms with Gasteiger partial charge in [0.05, 0.1) is 24.3 Å². The monoisotopic (exact) mass is 544 g/mol. The van der Waals surface area contributed by atoms with Crippen molar-refractivity contribution < 1.29 is 43.3 Å². The van der Waals surface area contributed by atoms with Crippen molar-refractivity contribution in [1.29, 1.82) is 0 Å². The lowest BCUT2D eigenvalue weighted by atomic mass is 10.2. The third-order valence-corrected chi connectivity index (χ3v) is 5.50. The van der Waals surface area contributed by atoms with Gasteiger partial charge in [-0.15, -0.1) is 9.78 Å². The minimum absolute atomic E-state index is 0.0813. The van der Waals surface area contributed by atoms with Crippen LogP contribution in [0.4, 0.5) is 0 Å². The highest BCUT2D eigenvalue weighted by Gasteiger charge is 2.22. The summed E-state index contributed by atoms with van der Waals surface area (Å²) < 4.78 is 16.5. The van der Waals surface area contributed by atoms with Gasteiger partial charge in [0.1, 0.15) is 18.1 Å². The van der Waals surface area contributed by atoms with Crippen molar-refractivity contribution >= 4 is 11.9 Å². The Balaban J connectivity index is 1.77. The molecule has 0 aliphatic rings. The van der Waals surface area contributed by atoms with Crippen molar-refractivity contribution in [3.63, 3.8) is 0 Å². The molecule has 0 aliphatic carbocycles. The van der Waals surface area contributed by atoms with Gasteiger partial charge in [0.15, 0.2) is 0 Å². The van der Waals surface area contributed by atoms with Gasteiger partial charge in [-0.2, -0.15) is 0 Å². The summed E-state index contributed by atoms with van der Waals surface area (Å²) in [5.74, 6) is -0.252. The second-order valence-electron chi connectivity index (χ2n) is 8.70. The van der Waals surface area contributed by atoms with Gasteiger partial charge < -0.3 is 14.2 Å². The zero-order chi connectivity index (χ0) is 28.1. The summed E-state index contributed by atoms with van der Waals surface area (Å²) in [5, 5.41) is 0. The molecular formula is C30H40O9. The zero-order valence-corrected chi connectivity index (χ0v) is 23.0. The predicted molar refractivity (Wildman–Crippen MR) is 145 cm³/mol. The van der Waals surface area contributed by atoms with Crippen LogP contribution in [0.25, 0.3) is 0 Å². The minimum atomic E-state index is -0.781. The van der Waals surface area contributed by atoms with Crippen LogP contribution in [-0.4, -0.2) is 38.4 Å². The molecule has 0 bridgehead atoms. The quantitative estimate of drug-likeness (QED) is 0.0952. The fraction of sp³-hybridized carbons (Fsp3) is 0.467. The van der Waals surface area contributed by atoms with E-state index in [4.69, 9.17) is 33.8 Å². The van der Waals surface area contributed by atoms with Crippen LogP contribution < -0.4 is 9.47 Å². The van der Waals surface area contributed by atoms with Crippen LogP contribution in [0.15, 0.2) is 48.5 Å². The van der Waals surface area contributed by atoms with Gasteiger partial charge in [-0.3, -0.25) is 9.78 Å². The molecule has 0 atom stereocenters. The fourth-order valence-electron chi connectivity index (χ4n) is 3.29. The Hall–Kier alpha value is -3.14. The zero-order valence-electron chi connectivity index (χ0n) is 23.0. The molecule has 0 heterocycles. The van der Waals surface area contributed by atoms with Crippen LogP contribution >= 0.6 is 0 Å². The Morgan fingerprint density at radius 1 is 0.615 bits per heavy atom. The maximum absolute atomic E-state index is 12.4. The largest absolute Gasteiger partial charge is 0.494 e. The predicted octanol–water partition coefficient (Wildman–Crippen LogP) is 6.82. The highest BCUT2D eigenvalue weighted by Crippen LogP contribution is 2.17. The van der Waals surface area contributed by atoms with E-state index in [1.54, 1.807) is 48.5 Å². The normalized spacial score (nSPS) is 10.9. The molecule has 0 saturated carbocycles. The highest BCUT2D eigenvalue weighted by molar-refractivity contribution is 5.89. The molecule has 0 saturated heterocycles. The first-order valence-corrected chi connectivity index (χ1v) is 13.5. The molecule has 0 spiro atoms. The molecule has 2 aromatic carbocycles. The number of unbranched alkanes of at least 4 members (excludes halogenated alkanes) is 6. The third kappa shape index (κ3) is 13.5. The van der Waals surface area contributed by atoms with Crippen molar-refractivity contribution in [2.75, 3.05) is 26.4 Å². The molecule has 2 radical (unpaired) electrons. The maximum atomic E-state index is 12.4. The summed E-state index contributed by atoms with van der Waals surface area (Å²) in [5.41, 5.74) is 0.464. The average Bonchev–Trinajstić information content (AvgIpc) is 2.97. The van der Waals surface area contributed by atoms with E-state index in [1.165, 1.54) is 12.8 Å². The number of carbonyl (C=O) groups is 2. The number of hydrogen-bond acceptors (Lipinski definition) is 9. The summed E-state index contributed by atoms with van der Waals surface area (Å²) in [6.45, 7) is 8.89. The van der Waals surface area contributed by atoms with E-state index in [9.17, 15) is 9.59 Å². The van der Waals surface area contributed by atoms with Crippen molar-refractivity contribution in [3.05, 3.63) is 72.9 Å². The Morgan fingerprint density at radius 2 is 1.05 bits per heavy atom. The molecule has 0 aromatic heterocycles. The molecule has 0 fully saturated rings. The van der Waals surface area contributed by atoms with Crippen molar-refractivity contribution in [1.82, 2.24) is 0 Å². The molecule has 0 N–H and O–H groups in total. The Kier molecular flexibility index (Phi) is 16.3. The Labute approximate surface area is 231 Å². The van der Waals surface area contributed by atoms with Gasteiger partial charge in [0.25, 0.3) is 0 Å². The number of benzene rings is 2. The van der Waals surface area contributed by atoms with E-state index in [2.05, 4.69) is 20.8 Å². The lowest BCUT2D eigenvalue weighted by Crippen LogP contribution is -2.20. The molecule has 39 heavy (non-hydrogen) atoms. The molecule has 0 amide bonds. The van der Waals surface area contributed by atoms with Crippen molar-refractivity contribution in [3.8, 4) is 11.5 Å². The van der Waals surface area contributed by atoms with Gasteiger partial charge in [-0.05, 0) is 68.3 Å². The first-order chi connectivity index (χ1) is 19.1. The van der Waals surface area contributed by atoms with E-state index in [0.717, 1.165) is 38.5 Å². The van der Waals surface area contributed by atoms with Gasteiger partial charge in [-0.1, -0.05) is 52.4 Å². The van der Waals surface area contributed by atoms with Gasteiger partial charge in [-0.25, -0.2) is 9.59 Å². The molecule has 9 nitrogen and oxygen atoms in total. The van der Waals surface area contributed by atoms with Gasteiger partial charge in [0.2, 0.25) is 0 Å². The van der Waals surface area contributed by atoms with Crippen LogP contribution in [0.3, 0.4) is 0 Å². The van der Waals surface area contributed by atoms with E-state index >= 15 is 0 Å². The van der Waals surface area contributed by atoms with E-state index < -0.39 is 11.9 Å². The molecule has 0 unspecified atom stereocenters.